The van der Waals surface area contributed by atoms with Gasteiger partial charge in [-0.1, -0.05) is 19.9 Å². The Labute approximate surface area is 129 Å². The van der Waals surface area contributed by atoms with Crippen LogP contribution in [0.15, 0.2) is 18.2 Å². The maximum atomic E-state index is 14.1. The second-order valence-corrected chi connectivity index (χ2v) is 6.37. The zero-order valence-electron chi connectivity index (χ0n) is 13.1. The zero-order valence-corrected chi connectivity index (χ0v) is 13.1. The van der Waals surface area contributed by atoms with Gasteiger partial charge in [-0.25, -0.2) is 13.6 Å². The molecule has 1 aromatic rings. The molecular formula is C16H22F2N2O2. The summed E-state index contributed by atoms with van der Waals surface area (Å²) in [6.07, 6.45) is 0.737. The highest BCUT2D eigenvalue weighted by atomic mass is 19.1. The van der Waals surface area contributed by atoms with Crippen LogP contribution < -0.4 is 10.6 Å². The maximum absolute atomic E-state index is 14.1. The lowest BCUT2D eigenvalue weighted by atomic mass is 9.87. The molecule has 2 amide bonds. The Bertz CT molecular complexity index is 563. The van der Waals surface area contributed by atoms with Crippen molar-refractivity contribution in [3.63, 3.8) is 0 Å². The fraction of sp³-hybridized carbons (Fsp3) is 0.562. The van der Waals surface area contributed by atoms with Gasteiger partial charge in [0.2, 0.25) is 0 Å². The number of urea groups is 1. The summed E-state index contributed by atoms with van der Waals surface area (Å²) in [6.45, 7) is 5.17. The number of nitrogens with one attached hydrogen (secondary N) is 2. The smallest absolute Gasteiger partial charge is 0.314 e. The van der Waals surface area contributed by atoms with Crippen LogP contribution in [-0.4, -0.2) is 32.8 Å². The molecule has 0 radical (unpaired) electrons. The summed E-state index contributed by atoms with van der Waals surface area (Å²) in [6, 6.07) is 3.31. The molecular weight excluding hydrogens is 290 g/mol. The highest BCUT2D eigenvalue weighted by molar-refractivity contribution is 5.74. The molecule has 0 bridgehead atoms. The van der Waals surface area contributed by atoms with E-state index in [2.05, 4.69) is 10.6 Å². The van der Waals surface area contributed by atoms with Crippen LogP contribution in [0, 0.1) is 17.0 Å². The van der Waals surface area contributed by atoms with Crippen molar-refractivity contribution in [3.8, 4) is 0 Å². The number of hydrogen-bond acceptors (Lipinski definition) is 2. The molecule has 22 heavy (non-hydrogen) atoms. The van der Waals surface area contributed by atoms with Crippen LogP contribution in [0.5, 0.6) is 0 Å². The molecule has 0 aliphatic heterocycles. The molecule has 1 aromatic carbocycles. The predicted molar refractivity (Wildman–Crippen MR) is 79.7 cm³/mol. The normalized spacial score (nSPS) is 22.2. The van der Waals surface area contributed by atoms with E-state index < -0.39 is 17.0 Å². The van der Waals surface area contributed by atoms with Crippen molar-refractivity contribution in [2.24, 2.45) is 5.41 Å². The Hall–Kier alpha value is -1.69. The molecule has 1 atom stereocenters. The van der Waals surface area contributed by atoms with Crippen molar-refractivity contribution in [1.29, 1.82) is 0 Å². The molecule has 6 heteroatoms. The monoisotopic (exact) mass is 312 g/mol. The van der Waals surface area contributed by atoms with Gasteiger partial charge in [-0.15, -0.1) is 0 Å². The minimum absolute atomic E-state index is 0.147. The van der Waals surface area contributed by atoms with Crippen molar-refractivity contribution >= 4 is 6.03 Å². The molecule has 0 aromatic heterocycles. The molecule has 122 valence electrons. The highest BCUT2D eigenvalue weighted by Gasteiger charge is 2.62. The molecule has 1 aliphatic carbocycles. The molecule has 0 heterocycles. The van der Waals surface area contributed by atoms with Crippen molar-refractivity contribution < 1.29 is 18.3 Å². The van der Waals surface area contributed by atoms with Crippen LogP contribution in [-0.2, 0) is 10.2 Å². The quantitative estimate of drug-likeness (QED) is 0.793. The molecule has 2 N–H and O–H groups in total. The SMILES string of the molecule is COCCNC(=O)NCC1(c2ccc(F)cc2F)CC1(C)C. The van der Waals surface area contributed by atoms with Gasteiger partial charge in [-0.05, 0) is 23.5 Å². The van der Waals surface area contributed by atoms with E-state index in [9.17, 15) is 13.6 Å². The van der Waals surface area contributed by atoms with E-state index in [-0.39, 0.29) is 11.4 Å². The third-order valence-corrected chi connectivity index (χ3v) is 4.50. The van der Waals surface area contributed by atoms with Crippen LogP contribution >= 0.6 is 0 Å². The third kappa shape index (κ3) is 3.21. The average molecular weight is 312 g/mol. The van der Waals surface area contributed by atoms with Gasteiger partial charge in [0, 0.05) is 31.7 Å². The van der Waals surface area contributed by atoms with E-state index in [1.54, 1.807) is 7.11 Å². The van der Waals surface area contributed by atoms with E-state index in [4.69, 9.17) is 4.74 Å². The molecule has 1 unspecified atom stereocenters. The van der Waals surface area contributed by atoms with Gasteiger partial charge in [0.05, 0.1) is 6.61 Å². The van der Waals surface area contributed by atoms with E-state index >= 15 is 0 Å². The topological polar surface area (TPSA) is 50.4 Å². The lowest BCUT2D eigenvalue weighted by Crippen LogP contribution is -2.42. The zero-order chi connectivity index (χ0) is 16.4. The molecule has 1 saturated carbocycles. The average Bonchev–Trinajstić information content (AvgIpc) is 2.99. The number of carbonyl (C=O) groups excluding carboxylic acids is 1. The summed E-state index contributed by atoms with van der Waals surface area (Å²) in [4.78, 5) is 11.7. The standard InChI is InChI=1S/C16H22F2N2O2/c1-15(2)9-16(15,10-20-14(21)19-6-7-22-3)12-5-4-11(17)8-13(12)18/h4-5,8H,6-7,9-10H2,1-3H3,(H2,19,20,21). The fourth-order valence-corrected chi connectivity index (χ4v) is 3.00. The van der Waals surface area contributed by atoms with Crippen LogP contribution in [0.1, 0.15) is 25.8 Å². The number of halogens is 2. The minimum atomic E-state index is -0.597. The summed E-state index contributed by atoms with van der Waals surface area (Å²) in [7, 11) is 1.55. The van der Waals surface area contributed by atoms with Crippen LogP contribution in [0.4, 0.5) is 13.6 Å². The summed E-state index contributed by atoms with van der Waals surface area (Å²) in [5.74, 6) is -1.16. The first-order valence-corrected chi connectivity index (χ1v) is 7.28. The number of benzene rings is 1. The number of carbonyl (C=O) groups is 1. The number of hydrogen-bond donors (Lipinski definition) is 2. The Balaban J connectivity index is 2.06. The van der Waals surface area contributed by atoms with Gasteiger partial charge in [-0.2, -0.15) is 0 Å². The van der Waals surface area contributed by atoms with Crippen molar-refractivity contribution in [2.75, 3.05) is 26.8 Å². The summed E-state index contributed by atoms with van der Waals surface area (Å²) in [5.41, 5.74) is -0.189. The van der Waals surface area contributed by atoms with E-state index in [0.29, 0.717) is 25.3 Å². The highest BCUT2D eigenvalue weighted by Crippen LogP contribution is 2.64. The van der Waals surface area contributed by atoms with E-state index in [1.807, 2.05) is 13.8 Å². The van der Waals surface area contributed by atoms with Gasteiger partial charge in [-0.3, -0.25) is 0 Å². The number of methoxy groups -OCH3 is 1. The molecule has 1 aliphatic rings. The molecule has 0 spiro atoms. The van der Waals surface area contributed by atoms with Crippen molar-refractivity contribution in [3.05, 3.63) is 35.4 Å². The summed E-state index contributed by atoms with van der Waals surface area (Å²) < 4.78 is 32.1. The van der Waals surface area contributed by atoms with Gasteiger partial charge >= 0.3 is 6.03 Å². The van der Waals surface area contributed by atoms with Gasteiger partial charge in [0.1, 0.15) is 11.6 Å². The van der Waals surface area contributed by atoms with E-state index in [1.165, 1.54) is 12.1 Å². The fourth-order valence-electron chi connectivity index (χ4n) is 3.00. The summed E-state index contributed by atoms with van der Waals surface area (Å²) in [5, 5.41) is 5.43. The Morgan fingerprint density at radius 2 is 2.00 bits per heavy atom. The lowest BCUT2D eigenvalue weighted by molar-refractivity contribution is 0.195. The Kier molecular flexibility index (Phi) is 4.70. The molecule has 0 saturated heterocycles. The van der Waals surface area contributed by atoms with Gasteiger partial charge in [0.25, 0.3) is 0 Å². The third-order valence-electron chi connectivity index (χ3n) is 4.50. The first-order valence-electron chi connectivity index (χ1n) is 7.28. The van der Waals surface area contributed by atoms with Crippen molar-refractivity contribution in [1.82, 2.24) is 10.6 Å². The largest absolute Gasteiger partial charge is 0.383 e. The second-order valence-electron chi connectivity index (χ2n) is 6.37. The van der Waals surface area contributed by atoms with Gasteiger partial charge < -0.3 is 15.4 Å². The minimum Gasteiger partial charge on any atom is -0.383 e. The Morgan fingerprint density at radius 1 is 1.32 bits per heavy atom. The van der Waals surface area contributed by atoms with Crippen LogP contribution in [0.2, 0.25) is 0 Å². The molecule has 2 rings (SSSR count). The maximum Gasteiger partial charge on any atom is 0.314 e. The number of ether oxygens (including phenoxy) is 1. The predicted octanol–water partition coefficient (Wildman–Crippen LogP) is 2.58. The first kappa shape index (κ1) is 16.7. The second kappa shape index (κ2) is 6.20. The Morgan fingerprint density at radius 3 is 2.55 bits per heavy atom. The van der Waals surface area contributed by atoms with Gasteiger partial charge in [0.15, 0.2) is 0 Å². The van der Waals surface area contributed by atoms with Crippen LogP contribution in [0.25, 0.3) is 0 Å². The van der Waals surface area contributed by atoms with E-state index in [0.717, 1.165) is 12.5 Å². The van der Waals surface area contributed by atoms with Crippen molar-refractivity contribution in [2.45, 2.75) is 25.7 Å². The first-order chi connectivity index (χ1) is 10.3. The molecule has 4 nitrogen and oxygen atoms in total. The summed E-state index contributed by atoms with van der Waals surface area (Å²) >= 11 is 0. The lowest BCUT2D eigenvalue weighted by Gasteiger charge is -2.22. The van der Waals surface area contributed by atoms with Crippen LogP contribution in [0.3, 0.4) is 0 Å². The number of rotatable bonds is 6. The molecule has 1 fully saturated rings. The number of amides is 2.